The molecule has 0 aliphatic heterocycles. The van der Waals surface area contributed by atoms with Gasteiger partial charge in [0, 0.05) is 36.2 Å². The summed E-state index contributed by atoms with van der Waals surface area (Å²) in [5.41, 5.74) is 0.165. The molecule has 2 aromatic rings. The van der Waals surface area contributed by atoms with Crippen molar-refractivity contribution in [1.29, 1.82) is 0 Å². The molecule has 0 saturated carbocycles. The maximum Gasteiger partial charge on any atom is 0.416 e. The molecule has 6 nitrogen and oxygen atoms in total. The first kappa shape index (κ1) is 30.8. The Bertz CT molecular complexity index is 946. The minimum absolute atomic E-state index is 0.00422. The van der Waals surface area contributed by atoms with Crippen LogP contribution in [-0.4, -0.2) is 51.0 Å². The number of halogens is 3. The van der Waals surface area contributed by atoms with Crippen molar-refractivity contribution in [2.24, 2.45) is 5.92 Å². The van der Waals surface area contributed by atoms with Crippen molar-refractivity contribution in [2.45, 2.75) is 51.5 Å². The molecule has 0 aliphatic rings. The summed E-state index contributed by atoms with van der Waals surface area (Å²) in [6, 6.07) is 10.4. The summed E-state index contributed by atoms with van der Waals surface area (Å²) in [5, 5.41) is 0. The van der Waals surface area contributed by atoms with E-state index < -0.39 is 24.0 Å². The summed E-state index contributed by atoms with van der Waals surface area (Å²) < 4.78 is 66.2. The summed E-state index contributed by atoms with van der Waals surface area (Å²) >= 11 is 1.62. The van der Waals surface area contributed by atoms with E-state index in [9.17, 15) is 18.0 Å². The number of carbonyl (C=O) groups is 1. The normalized spacial score (nSPS) is 12.4. The lowest BCUT2D eigenvalue weighted by Gasteiger charge is -2.24. The number of ether oxygens (including phenoxy) is 5. The average molecular weight is 545 g/mol. The lowest BCUT2D eigenvalue weighted by molar-refractivity contribution is -0.146. The molecule has 1 unspecified atom stereocenters. The summed E-state index contributed by atoms with van der Waals surface area (Å²) in [6.07, 6.45) is -4.23. The van der Waals surface area contributed by atoms with Crippen LogP contribution in [-0.2, 0) is 25.2 Å². The van der Waals surface area contributed by atoms with Crippen molar-refractivity contribution < 1.29 is 41.7 Å². The third-order valence-corrected chi connectivity index (χ3v) is 6.41. The summed E-state index contributed by atoms with van der Waals surface area (Å²) in [6.45, 7) is 8.85. The molecule has 0 bridgehead atoms. The number of hydrogen-bond acceptors (Lipinski definition) is 7. The first-order chi connectivity index (χ1) is 17.7. The predicted octanol–water partition coefficient (Wildman–Crippen LogP) is 6.53. The van der Waals surface area contributed by atoms with Crippen LogP contribution in [0.3, 0.4) is 0 Å². The SMILES string of the molecule is CCOC(=O)COc1ccc(SCC(COc2ccc(C(F)(F)F)cc2)CC(OCC)OCC)cc1C. The second-order valence-corrected chi connectivity index (χ2v) is 9.20. The van der Waals surface area contributed by atoms with Crippen LogP contribution < -0.4 is 9.47 Å². The number of thioether (sulfide) groups is 1. The van der Waals surface area contributed by atoms with E-state index in [-0.39, 0.29) is 19.1 Å². The molecular weight excluding hydrogens is 509 g/mol. The van der Waals surface area contributed by atoms with Crippen LogP contribution in [0.15, 0.2) is 47.4 Å². The van der Waals surface area contributed by atoms with Gasteiger partial charge >= 0.3 is 12.1 Å². The largest absolute Gasteiger partial charge is 0.493 e. The van der Waals surface area contributed by atoms with Gasteiger partial charge in [-0.15, -0.1) is 11.8 Å². The van der Waals surface area contributed by atoms with Crippen LogP contribution in [0.25, 0.3) is 0 Å². The highest BCUT2D eigenvalue weighted by atomic mass is 32.2. The van der Waals surface area contributed by atoms with Gasteiger partial charge in [0.1, 0.15) is 11.5 Å². The fourth-order valence-corrected chi connectivity index (χ4v) is 4.48. The van der Waals surface area contributed by atoms with Crippen LogP contribution >= 0.6 is 11.8 Å². The van der Waals surface area contributed by atoms with E-state index in [1.807, 2.05) is 39.0 Å². The number of rotatable bonds is 16. The Kier molecular flexibility index (Phi) is 13.1. The quantitative estimate of drug-likeness (QED) is 0.135. The Morgan fingerprint density at radius 2 is 1.62 bits per heavy atom. The third-order valence-electron chi connectivity index (χ3n) is 5.18. The topological polar surface area (TPSA) is 63.2 Å². The van der Waals surface area contributed by atoms with Gasteiger partial charge in [-0.1, -0.05) is 0 Å². The van der Waals surface area contributed by atoms with E-state index in [4.69, 9.17) is 23.7 Å². The molecule has 0 fully saturated rings. The monoisotopic (exact) mass is 544 g/mol. The van der Waals surface area contributed by atoms with Crippen molar-refractivity contribution in [3.05, 3.63) is 53.6 Å². The average Bonchev–Trinajstić information content (AvgIpc) is 2.85. The minimum atomic E-state index is -4.39. The van der Waals surface area contributed by atoms with E-state index in [2.05, 4.69) is 0 Å². The highest BCUT2D eigenvalue weighted by Gasteiger charge is 2.30. The Morgan fingerprint density at radius 1 is 0.946 bits per heavy atom. The molecule has 0 spiro atoms. The molecule has 10 heteroatoms. The fraction of sp³-hybridized carbons (Fsp3) is 0.519. The lowest BCUT2D eigenvalue weighted by atomic mass is 10.1. The summed E-state index contributed by atoms with van der Waals surface area (Å²) in [7, 11) is 0. The molecule has 2 aromatic carbocycles. The summed E-state index contributed by atoms with van der Waals surface area (Å²) in [4.78, 5) is 12.5. The molecule has 0 N–H and O–H groups in total. The molecule has 37 heavy (non-hydrogen) atoms. The maximum absolute atomic E-state index is 12.8. The molecule has 0 aliphatic carbocycles. The number of benzene rings is 2. The molecule has 1 atom stereocenters. The van der Waals surface area contributed by atoms with Crippen LogP contribution in [0.5, 0.6) is 11.5 Å². The number of esters is 1. The minimum Gasteiger partial charge on any atom is -0.493 e. The van der Waals surface area contributed by atoms with Gasteiger partial charge in [0.15, 0.2) is 12.9 Å². The molecule has 0 aromatic heterocycles. The van der Waals surface area contributed by atoms with E-state index in [0.717, 1.165) is 22.6 Å². The lowest BCUT2D eigenvalue weighted by Crippen LogP contribution is -2.26. The van der Waals surface area contributed by atoms with Gasteiger partial charge in [-0.2, -0.15) is 13.2 Å². The molecule has 0 heterocycles. The molecular formula is C27H35F3O6S. The van der Waals surface area contributed by atoms with Crippen LogP contribution in [0.2, 0.25) is 0 Å². The van der Waals surface area contributed by atoms with E-state index in [0.29, 0.717) is 43.5 Å². The number of hydrogen-bond donors (Lipinski definition) is 0. The van der Waals surface area contributed by atoms with Crippen molar-refractivity contribution in [3.63, 3.8) is 0 Å². The van der Waals surface area contributed by atoms with Gasteiger partial charge in [0.05, 0.1) is 18.8 Å². The molecule has 0 saturated heterocycles. The summed E-state index contributed by atoms with van der Waals surface area (Å²) in [5.74, 6) is 1.21. The van der Waals surface area contributed by atoms with E-state index in [1.54, 1.807) is 18.7 Å². The van der Waals surface area contributed by atoms with Crippen molar-refractivity contribution >= 4 is 17.7 Å². The third kappa shape index (κ3) is 11.2. The van der Waals surface area contributed by atoms with Gasteiger partial charge < -0.3 is 23.7 Å². The Hall–Kier alpha value is -2.43. The van der Waals surface area contributed by atoms with Crippen LogP contribution in [0, 0.1) is 12.8 Å². The Morgan fingerprint density at radius 3 is 2.19 bits per heavy atom. The number of aryl methyl sites for hydroxylation is 1. The molecule has 0 radical (unpaired) electrons. The first-order valence-electron chi connectivity index (χ1n) is 12.2. The van der Waals surface area contributed by atoms with Gasteiger partial charge in [-0.05, 0) is 75.7 Å². The zero-order valence-corrected chi connectivity index (χ0v) is 22.5. The van der Waals surface area contributed by atoms with Crippen molar-refractivity contribution in [3.8, 4) is 11.5 Å². The molecule has 2 rings (SSSR count). The van der Waals surface area contributed by atoms with Gasteiger partial charge in [0.2, 0.25) is 0 Å². The Balaban J connectivity index is 2.03. The second-order valence-electron chi connectivity index (χ2n) is 8.11. The highest BCUT2D eigenvalue weighted by molar-refractivity contribution is 7.99. The van der Waals surface area contributed by atoms with Gasteiger partial charge in [-0.25, -0.2) is 4.79 Å². The van der Waals surface area contributed by atoms with E-state index >= 15 is 0 Å². The standard InChI is InChI=1S/C27H35F3O6S/c1-5-32-25(31)17-36-24-13-12-23(14-19(24)4)37-18-20(15-26(33-6-2)34-7-3)16-35-22-10-8-21(9-11-22)27(28,29)30/h8-14,20,26H,5-7,15-18H2,1-4H3. The van der Waals surface area contributed by atoms with Gasteiger partial charge in [0.25, 0.3) is 0 Å². The van der Waals surface area contributed by atoms with Crippen molar-refractivity contribution in [1.82, 2.24) is 0 Å². The number of alkyl halides is 3. The zero-order chi connectivity index (χ0) is 27.3. The second kappa shape index (κ2) is 15.7. The van der Waals surface area contributed by atoms with E-state index in [1.165, 1.54) is 12.1 Å². The first-order valence-corrected chi connectivity index (χ1v) is 13.2. The highest BCUT2D eigenvalue weighted by Crippen LogP contribution is 2.31. The Labute approximate surface area is 220 Å². The smallest absolute Gasteiger partial charge is 0.416 e. The van der Waals surface area contributed by atoms with Gasteiger partial charge in [-0.3, -0.25) is 0 Å². The molecule has 206 valence electrons. The maximum atomic E-state index is 12.8. The number of carbonyl (C=O) groups excluding carboxylic acids is 1. The van der Waals surface area contributed by atoms with Crippen LogP contribution in [0.4, 0.5) is 13.2 Å². The van der Waals surface area contributed by atoms with Crippen LogP contribution in [0.1, 0.15) is 38.3 Å². The zero-order valence-electron chi connectivity index (χ0n) is 21.6. The van der Waals surface area contributed by atoms with Crippen molar-refractivity contribution in [2.75, 3.05) is 38.8 Å². The fourth-order valence-electron chi connectivity index (χ4n) is 3.39. The predicted molar refractivity (Wildman–Crippen MR) is 136 cm³/mol. The molecule has 0 amide bonds.